The number of benzene rings is 1. The van der Waals surface area contributed by atoms with Crippen molar-refractivity contribution in [3.63, 3.8) is 0 Å². The van der Waals surface area contributed by atoms with Gasteiger partial charge in [0.05, 0.1) is 40.7 Å². The van der Waals surface area contributed by atoms with Gasteiger partial charge in [0.2, 0.25) is 0 Å². The lowest BCUT2D eigenvalue weighted by Crippen LogP contribution is -2.75. The van der Waals surface area contributed by atoms with Crippen LogP contribution in [-0.4, -0.2) is 79.7 Å². The number of epoxide rings is 1. The predicted molar refractivity (Wildman–Crippen MR) is 320 cm³/mol. The summed E-state index contributed by atoms with van der Waals surface area (Å²) >= 11 is 0. The zero-order chi connectivity index (χ0) is 57.0. The molecule has 9 aliphatic carbocycles. The highest BCUT2D eigenvalue weighted by Crippen LogP contribution is 2.85. The van der Waals surface area contributed by atoms with Crippen LogP contribution in [0.5, 0.6) is 0 Å². The summed E-state index contributed by atoms with van der Waals surface area (Å²) in [6.07, 6.45) is 25.2. The molecule has 0 radical (unpaired) electrons. The van der Waals surface area contributed by atoms with Gasteiger partial charge in [0.1, 0.15) is 18.2 Å². The summed E-state index contributed by atoms with van der Waals surface area (Å²) in [5.74, 6) is 8.27. The van der Waals surface area contributed by atoms with E-state index < -0.39 is 56.7 Å². The molecular weight excluding hydrogens is 1030 g/mol. The van der Waals surface area contributed by atoms with Gasteiger partial charge >= 0.3 is 0 Å². The van der Waals surface area contributed by atoms with Crippen LogP contribution in [0.1, 0.15) is 239 Å². The molecule has 0 amide bonds. The number of hydrogen-bond acceptors (Lipinski definition) is 7. The van der Waals surface area contributed by atoms with Crippen molar-refractivity contribution in [2.45, 2.75) is 236 Å². The van der Waals surface area contributed by atoms with Crippen LogP contribution in [0.4, 0.5) is 0 Å². The van der Waals surface area contributed by atoms with Gasteiger partial charge in [-0.1, -0.05) is 78.0 Å². The number of aromatic amines is 2. The molecule has 2 spiro atoms. The number of nitrogens with one attached hydrogen (secondary N) is 2. The van der Waals surface area contributed by atoms with Gasteiger partial charge < -0.3 is 39.0 Å². The number of aliphatic hydroxyl groups is 2. The van der Waals surface area contributed by atoms with Crippen LogP contribution < -0.4 is 0 Å². The number of rotatable bonds is 9. The van der Waals surface area contributed by atoms with E-state index in [9.17, 15) is 15.0 Å². The highest BCUT2D eigenvalue weighted by Gasteiger charge is 2.82. The minimum atomic E-state index is -0.882. The molecule has 1 aromatic carbocycles. The summed E-state index contributed by atoms with van der Waals surface area (Å²) in [7, 11) is 0. The fraction of sp³-hybridized carbons (Fsp3) is 0.685. The van der Waals surface area contributed by atoms with Crippen molar-refractivity contribution in [3.05, 3.63) is 93.1 Å². The van der Waals surface area contributed by atoms with Gasteiger partial charge in [-0.2, -0.15) is 0 Å². The van der Waals surface area contributed by atoms with E-state index in [0.717, 1.165) is 123 Å². The van der Waals surface area contributed by atoms with Gasteiger partial charge in [-0.05, 0) is 194 Å². The average Bonchev–Trinajstić information content (AvgIpc) is 1.66. The standard InChI is InChI=1S/C73H91N3O7/c1-67(2)66(83-67)55(79)35-68(3)49-18-12-13-24-72-26-20-56-70(5,48-16-10-11-17-48)65(81)58-50-21-27-74-60(50)43-19-25-73(58,34-43)71(56,6)64(72)63(80)52(57-59(68)54(78)36-69(57,72)4)39-76-38-51(61-62(76)47(33-49)37-75-61)53(40-77)46-31-44(41-14-8-7-9-15-41)30-45(32-46)42-22-28-82-29-23-42/h21,27,30-32,37-38,40-43,48-49,52-53,55-56,58,63-64,66,74-75,79-80H,7-11,14-20,22-26,28-29,33-36,39H2,1-6H3/t43-,49+,52-,53+,55+,56-,58+,63+,64+,66+,68+,69-,70-,71+,72-,73-/m0/s1. The highest BCUT2D eigenvalue weighted by molar-refractivity contribution is 6.02. The molecule has 3 aliphatic heterocycles. The lowest BCUT2D eigenvalue weighted by Gasteiger charge is -2.76. The first-order chi connectivity index (χ1) is 39.9. The van der Waals surface area contributed by atoms with Crippen molar-refractivity contribution in [2.24, 2.45) is 62.1 Å². The maximum absolute atomic E-state index is 16.4. The van der Waals surface area contributed by atoms with Crippen LogP contribution in [0.15, 0.2) is 54.0 Å². The number of fused-ring (bicyclic) bond motifs is 7. The van der Waals surface area contributed by atoms with Gasteiger partial charge in [0.15, 0.2) is 5.78 Å². The first-order valence-corrected chi connectivity index (χ1v) is 33.3. The van der Waals surface area contributed by atoms with Crippen LogP contribution in [0, 0.1) is 73.9 Å². The second-order valence-corrected chi connectivity index (χ2v) is 31.3. The summed E-state index contributed by atoms with van der Waals surface area (Å²) in [5.41, 5.74) is 8.27. The number of ketones is 2. The zero-order valence-corrected chi connectivity index (χ0v) is 50.5. The average molecular weight is 1120 g/mol. The lowest BCUT2D eigenvalue weighted by molar-refractivity contribution is -0.274. The number of ether oxygens (including phenoxy) is 2. The van der Waals surface area contributed by atoms with Crippen LogP contribution in [0.2, 0.25) is 0 Å². The molecule has 7 bridgehead atoms. The molecule has 6 heterocycles. The molecule has 10 heteroatoms. The number of carbonyl (C=O) groups excluding carboxylic acids is 3. The maximum atomic E-state index is 16.4. The largest absolute Gasteiger partial charge is 0.392 e. The predicted octanol–water partition coefficient (Wildman–Crippen LogP) is 13.6. The van der Waals surface area contributed by atoms with E-state index in [2.05, 4.69) is 111 Å². The second-order valence-electron chi connectivity index (χ2n) is 31.3. The Morgan fingerprint density at radius 2 is 1.57 bits per heavy atom. The molecule has 16 atom stereocenters. The highest BCUT2D eigenvalue weighted by atomic mass is 16.6. The monoisotopic (exact) mass is 1120 g/mol. The summed E-state index contributed by atoms with van der Waals surface area (Å²) in [4.78, 5) is 54.7. The van der Waals surface area contributed by atoms with Crippen LogP contribution in [-0.2, 0) is 36.8 Å². The van der Waals surface area contributed by atoms with Crippen molar-refractivity contribution in [2.75, 3.05) is 13.2 Å². The van der Waals surface area contributed by atoms with E-state index in [1.165, 1.54) is 60.8 Å². The lowest BCUT2D eigenvalue weighted by atomic mass is 9.26. The molecule has 6 saturated carbocycles. The molecule has 3 aromatic heterocycles. The summed E-state index contributed by atoms with van der Waals surface area (Å²) in [6, 6.07) is 9.45. The molecule has 4 aromatic rings. The Labute approximate surface area is 491 Å². The minimum absolute atomic E-state index is 0.0524. The SMILES string of the molecule is CC1(C)O[C@@H]1[C@H](O)C[C@@]1(C)C2=C3[C@@H]4Cn5cc([C@H](C=O)c6cc(C7CCCCC7)cc(C7CCOCC7)c6)c6[nH]cc(c65)C[C@H]1CC#CC[C@@]1(CC[C@@H]5[C@](C)([C@H]1[C@@H]4O)[C@@]14CC[C@@H](C1)c1[nH]ccc1[C@@H]4C(=O)[C@@]5(C)C1CCCC1)[C@@]3(C)CC2=O. The Kier molecular flexibility index (Phi) is 12.0. The molecule has 0 unspecified atom stereocenters. The van der Waals surface area contributed by atoms with E-state index in [4.69, 9.17) is 9.47 Å². The summed E-state index contributed by atoms with van der Waals surface area (Å²) in [6.45, 7) is 15.8. The smallest absolute Gasteiger partial charge is 0.160 e. The van der Waals surface area contributed by atoms with Crippen LogP contribution in [0.3, 0.4) is 0 Å². The quantitative estimate of drug-likeness (QED) is 0.0740. The van der Waals surface area contributed by atoms with Crippen molar-refractivity contribution in [3.8, 4) is 11.8 Å². The Balaban J connectivity index is 0.923. The van der Waals surface area contributed by atoms with E-state index in [1.807, 2.05) is 0 Å². The number of aliphatic hydroxyl groups excluding tert-OH is 2. The molecule has 8 fully saturated rings. The third-order valence-electron chi connectivity index (χ3n) is 27.8. The van der Waals surface area contributed by atoms with Crippen molar-refractivity contribution < 1.29 is 34.1 Å². The fourth-order valence-electron chi connectivity index (χ4n) is 23.9. The van der Waals surface area contributed by atoms with Crippen molar-refractivity contribution in [1.82, 2.24) is 14.5 Å². The van der Waals surface area contributed by atoms with E-state index in [-0.39, 0.29) is 46.9 Å². The van der Waals surface area contributed by atoms with E-state index in [1.54, 1.807) is 0 Å². The molecule has 4 N–H and O–H groups in total. The number of Topliss-reactive ketones (excluding diaryl/α,β-unsaturated/α-hetero) is 2. The zero-order valence-electron chi connectivity index (χ0n) is 50.5. The molecule has 16 rings (SSSR count). The number of aromatic nitrogens is 3. The number of hydrogen-bond donors (Lipinski definition) is 4. The second kappa shape index (κ2) is 18.5. The Morgan fingerprint density at radius 1 is 0.843 bits per heavy atom. The summed E-state index contributed by atoms with van der Waals surface area (Å²) < 4.78 is 14.6. The van der Waals surface area contributed by atoms with Gasteiger partial charge in [0.25, 0.3) is 0 Å². The number of nitrogens with zero attached hydrogens (tertiary/aromatic N) is 1. The van der Waals surface area contributed by atoms with E-state index in [0.29, 0.717) is 62.2 Å². The Bertz CT molecular complexity index is 3420. The van der Waals surface area contributed by atoms with E-state index >= 15 is 9.59 Å². The van der Waals surface area contributed by atoms with Gasteiger partial charge in [0, 0.05) is 96.6 Å². The number of carbonyl (C=O) groups is 3. The third-order valence-corrected chi connectivity index (χ3v) is 27.8. The molecule has 12 aliphatic rings. The first kappa shape index (κ1) is 53.9. The molecule has 2 saturated heterocycles. The molecular formula is C73H91N3O7. The molecule has 440 valence electrons. The van der Waals surface area contributed by atoms with Gasteiger partial charge in [-0.3, -0.25) is 9.59 Å². The molecule has 83 heavy (non-hydrogen) atoms. The first-order valence-electron chi connectivity index (χ1n) is 33.3. The normalized spacial score (nSPS) is 41.5. The number of aldehydes is 1. The van der Waals surface area contributed by atoms with Gasteiger partial charge in [-0.25, -0.2) is 0 Å². The van der Waals surface area contributed by atoms with Crippen LogP contribution in [0.25, 0.3) is 11.0 Å². The van der Waals surface area contributed by atoms with Crippen molar-refractivity contribution >= 4 is 28.9 Å². The maximum Gasteiger partial charge on any atom is 0.160 e. The number of allylic oxidation sites excluding steroid dienone is 1. The Morgan fingerprint density at radius 3 is 2.30 bits per heavy atom. The number of H-pyrrole nitrogens is 2. The van der Waals surface area contributed by atoms with Gasteiger partial charge in [-0.15, -0.1) is 11.8 Å². The third kappa shape index (κ3) is 7.09. The minimum Gasteiger partial charge on any atom is -0.392 e. The van der Waals surface area contributed by atoms with Crippen LogP contribution >= 0.6 is 0 Å². The fourth-order valence-corrected chi connectivity index (χ4v) is 23.9. The summed E-state index contributed by atoms with van der Waals surface area (Å²) in [5, 5.41) is 27.6. The Hall–Kier alpha value is -4.53. The topological polar surface area (TPSA) is 150 Å². The van der Waals surface area contributed by atoms with Crippen molar-refractivity contribution in [1.29, 1.82) is 0 Å². The molecule has 10 nitrogen and oxygen atoms in total.